The molecule has 1 aromatic heterocycles. The lowest BCUT2D eigenvalue weighted by atomic mass is 10.1. The van der Waals surface area contributed by atoms with Gasteiger partial charge in [-0.05, 0) is 27.0 Å². The summed E-state index contributed by atoms with van der Waals surface area (Å²) in [4.78, 5) is 37.2. The fourth-order valence-electron chi connectivity index (χ4n) is 2.34. The summed E-state index contributed by atoms with van der Waals surface area (Å²) in [5, 5.41) is 9.47. The SMILES string of the molecule is CC(C)NC(=O)CN(C)CC(=O)NNC(=O)c1cc(-c2ccccc2)n[nH]1. The van der Waals surface area contributed by atoms with Crippen LogP contribution in [0, 0.1) is 0 Å². The first kappa shape index (κ1) is 20.1. The molecule has 0 atom stereocenters. The number of carbonyl (C=O) groups is 3. The molecule has 0 unspecified atom stereocenters. The largest absolute Gasteiger partial charge is 0.353 e. The molecule has 144 valence electrons. The Morgan fingerprint density at radius 3 is 2.41 bits per heavy atom. The van der Waals surface area contributed by atoms with E-state index in [1.165, 1.54) is 0 Å². The lowest BCUT2D eigenvalue weighted by Crippen LogP contribution is -2.47. The molecular weight excluding hydrogens is 348 g/mol. The number of H-pyrrole nitrogens is 1. The third-order valence-corrected chi connectivity index (χ3v) is 3.48. The van der Waals surface area contributed by atoms with Crippen molar-refractivity contribution in [3.8, 4) is 11.3 Å². The van der Waals surface area contributed by atoms with Gasteiger partial charge in [0, 0.05) is 11.6 Å². The lowest BCUT2D eigenvalue weighted by molar-refractivity contribution is -0.125. The van der Waals surface area contributed by atoms with Gasteiger partial charge in [0.25, 0.3) is 11.8 Å². The smallest absolute Gasteiger partial charge is 0.287 e. The molecule has 4 N–H and O–H groups in total. The summed E-state index contributed by atoms with van der Waals surface area (Å²) >= 11 is 0. The van der Waals surface area contributed by atoms with Crippen molar-refractivity contribution in [3.05, 3.63) is 42.1 Å². The van der Waals surface area contributed by atoms with Crippen molar-refractivity contribution in [1.29, 1.82) is 0 Å². The van der Waals surface area contributed by atoms with Gasteiger partial charge < -0.3 is 5.32 Å². The highest BCUT2D eigenvalue weighted by molar-refractivity contribution is 5.94. The third kappa shape index (κ3) is 6.55. The molecule has 0 fully saturated rings. The highest BCUT2D eigenvalue weighted by Gasteiger charge is 2.14. The van der Waals surface area contributed by atoms with Crippen molar-refractivity contribution in [3.63, 3.8) is 0 Å². The van der Waals surface area contributed by atoms with E-state index in [2.05, 4.69) is 26.4 Å². The van der Waals surface area contributed by atoms with E-state index in [1.54, 1.807) is 18.0 Å². The maximum atomic E-state index is 12.1. The predicted molar refractivity (Wildman–Crippen MR) is 100 cm³/mol. The molecular formula is C18H24N6O3. The molecule has 9 nitrogen and oxygen atoms in total. The van der Waals surface area contributed by atoms with Gasteiger partial charge in [-0.15, -0.1) is 0 Å². The average molecular weight is 372 g/mol. The Balaban J connectivity index is 1.79. The van der Waals surface area contributed by atoms with E-state index < -0.39 is 11.8 Å². The number of aromatic nitrogens is 2. The van der Waals surface area contributed by atoms with Crippen LogP contribution in [-0.2, 0) is 9.59 Å². The Hall–Kier alpha value is -3.20. The summed E-state index contributed by atoms with van der Waals surface area (Å²) in [6, 6.07) is 11.0. The van der Waals surface area contributed by atoms with E-state index in [9.17, 15) is 14.4 Å². The quantitative estimate of drug-likeness (QED) is 0.521. The van der Waals surface area contributed by atoms with Crippen LogP contribution in [0.2, 0.25) is 0 Å². The van der Waals surface area contributed by atoms with Crippen molar-refractivity contribution < 1.29 is 14.4 Å². The molecule has 27 heavy (non-hydrogen) atoms. The number of likely N-dealkylation sites (N-methyl/N-ethyl adjacent to an activating group) is 1. The van der Waals surface area contributed by atoms with Gasteiger partial charge in [-0.1, -0.05) is 30.3 Å². The van der Waals surface area contributed by atoms with Crippen LogP contribution >= 0.6 is 0 Å². The highest BCUT2D eigenvalue weighted by Crippen LogP contribution is 2.16. The number of nitrogens with zero attached hydrogens (tertiary/aromatic N) is 2. The Morgan fingerprint density at radius 2 is 1.74 bits per heavy atom. The minimum Gasteiger partial charge on any atom is -0.353 e. The summed E-state index contributed by atoms with van der Waals surface area (Å²) in [5.74, 6) is -1.13. The molecule has 0 aliphatic rings. The second kappa shape index (κ2) is 9.48. The molecule has 2 rings (SSSR count). The van der Waals surface area contributed by atoms with Crippen molar-refractivity contribution >= 4 is 17.7 Å². The summed E-state index contributed by atoms with van der Waals surface area (Å²) in [6.07, 6.45) is 0. The molecule has 0 saturated carbocycles. The Kier molecular flexibility index (Phi) is 7.07. The molecule has 1 heterocycles. The summed E-state index contributed by atoms with van der Waals surface area (Å²) in [7, 11) is 1.64. The van der Waals surface area contributed by atoms with E-state index in [0.29, 0.717) is 5.69 Å². The monoisotopic (exact) mass is 372 g/mol. The van der Waals surface area contributed by atoms with E-state index in [4.69, 9.17) is 0 Å². The van der Waals surface area contributed by atoms with Gasteiger partial charge in [-0.2, -0.15) is 5.10 Å². The molecule has 1 aromatic carbocycles. The number of aromatic amines is 1. The molecule has 0 spiro atoms. The Morgan fingerprint density at radius 1 is 1.07 bits per heavy atom. The van der Waals surface area contributed by atoms with Crippen molar-refractivity contribution in [2.24, 2.45) is 0 Å². The standard InChI is InChI=1S/C18H24N6O3/c1-12(2)19-16(25)10-24(3)11-17(26)22-23-18(27)15-9-14(20-21-15)13-7-5-4-6-8-13/h4-9,12H,10-11H2,1-3H3,(H,19,25)(H,20,21)(H,22,26)(H,23,27). The fraction of sp³-hybridized carbons (Fsp3) is 0.333. The summed E-state index contributed by atoms with van der Waals surface area (Å²) in [6.45, 7) is 3.77. The van der Waals surface area contributed by atoms with E-state index in [0.717, 1.165) is 5.56 Å². The maximum absolute atomic E-state index is 12.1. The number of rotatable bonds is 7. The number of hydrazine groups is 1. The second-order valence-electron chi connectivity index (χ2n) is 6.43. The van der Waals surface area contributed by atoms with Crippen LogP contribution in [-0.4, -0.2) is 59.0 Å². The zero-order valence-electron chi connectivity index (χ0n) is 15.6. The van der Waals surface area contributed by atoms with E-state index in [1.807, 2.05) is 44.2 Å². The molecule has 2 aromatic rings. The van der Waals surface area contributed by atoms with Gasteiger partial charge in [0.2, 0.25) is 5.91 Å². The van der Waals surface area contributed by atoms with Gasteiger partial charge >= 0.3 is 0 Å². The minimum absolute atomic E-state index is 0.0363. The van der Waals surface area contributed by atoms with Crippen LogP contribution in [0.4, 0.5) is 0 Å². The number of nitrogens with one attached hydrogen (secondary N) is 4. The summed E-state index contributed by atoms with van der Waals surface area (Å²) < 4.78 is 0. The normalized spacial score (nSPS) is 10.7. The number of hydrogen-bond acceptors (Lipinski definition) is 5. The van der Waals surface area contributed by atoms with E-state index in [-0.39, 0.29) is 30.7 Å². The zero-order chi connectivity index (χ0) is 19.8. The topological polar surface area (TPSA) is 119 Å². The number of hydrogen-bond donors (Lipinski definition) is 4. The van der Waals surface area contributed by atoms with Crippen LogP contribution in [0.1, 0.15) is 24.3 Å². The first-order valence-electron chi connectivity index (χ1n) is 8.53. The predicted octanol–water partition coefficient (Wildman–Crippen LogP) is 0.294. The number of amides is 3. The van der Waals surface area contributed by atoms with Gasteiger partial charge in [-0.25, -0.2) is 0 Å². The maximum Gasteiger partial charge on any atom is 0.287 e. The molecule has 0 radical (unpaired) electrons. The van der Waals surface area contributed by atoms with Gasteiger partial charge in [0.05, 0.1) is 18.8 Å². The Bertz CT molecular complexity index is 787. The van der Waals surface area contributed by atoms with Gasteiger partial charge in [0.15, 0.2) is 0 Å². The van der Waals surface area contributed by atoms with Crippen molar-refractivity contribution in [1.82, 2.24) is 31.3 Å². The van der Waals surface area contributed by atoms with Crippen molar-refractivity contribution in [2.45, 2.75) is 19.9 Å². The molecule has 0 aliphatic heterocycles. The van der Waals surface area contributed by atoms with Crippen LogP contribution in [0.25, 0.3) is 11.3 Å². The van der Waals surface area contributed by atoms with Crippen LogP contribution in [0.15, 0.2) is 36.4 Å². The van der Waals surface area contributed by atoms with Crippen LogP contribution in [0.3, 0.4) is 0 Å². The zero-order valence-corrected chi connectivity index (χ0v) is 15.6. The lowest BCUT2D eigenvalue weighted by Gasteiger charge is -2.17. The van der Waals surface area contributed by atoms with Crippen LogP contribution in [0.5, 0.6) is 0 Å². The molecule has 0 saturated heterocycles. The molecule has 0 aliphatic carbocycles. The third-order valence-electron chi connectivity index (χ3n) is 3.48. The van der Waals surface area contributed by atoms with Crippen LogP contribution < -0.4 is 16.2 Å². The minimum atomic E-state index is -0.516. The van der Waals surface area contributed by atoms with Gasteiger partial charge in [-0.3, -0.25) is 35.2 Å². The number of carbonyl (C=O) groups excluding carboxylic acids is 3. The highest BCUT2D eigenvalue weighted by atomic mass is 16.2. The van der Waals surface area contributed by atoms with Crippen molar-refractivity contribution in [2.75, 3.05) is 20.1 Å². The van der Waals surface area contributed by atoms with Gasteiger partial charge in [0.1, 0.15) is 5.69 Å². The van der Waals surface area contributed by atoms with E-state index >= 15 is 0 Å². The average Bonchev–Trinajstić information content (AvgIpc) is 3.09. The molecule has 0 bridgehead atoms. The first-order chi connectivity index (χ1) is 12.8. The summed E-state index contributed by atoms with van der Waals surface area (Å²) in [5.41, 5.74) is 6.35. The number of benzene rings is 1. The molecule has 3 amide bonds. The first-order valence-corrected chi connectivity index (χ1v) is 8.53. The Labute approximate surface area is 157 Å². The molecule has 9 heteroatoms. The second-order valence-corrected chi connectivity index (χ2v) is 6.43. The fourth-order valence-corrected chi connectivity index (χ4v) is 2.34.